The third-order valence-electron chi connectivity index (χ3n) is 5.25. The van der Waals surface area contributed by atoms with E-state index < -0.39 is 0 Å². The summed E-state index contributed by atoms with van der Waals surface area (Å²) in [6.45, 7) is 2.20. The lowest BCUT2D eigenvalue weighted by atomic mass is 9.68. The predicted octanol–water partition coefficient (Wildman–Crippen LogP) is 3.85. The largest absolute Gasteiger partial charge is 0.496 e. The molecule has 3 nitrogen and oxygen atoms in total. The Balaban J connectivity index is 1.96. The average Bonchev–Trinajstić information content (AvgIpc) is 2.61. The molecule has 0 amide bonds. The summed E-state index contributed by atoms with van der Waals surface area (Å²) < 4.78 is 5.59. The van der Waals surface area contributed by atoms with E-state index in [4.69, 9.17) is 10.5 Å². The number of methoxy groups -OCH3 is 1. The van der Waals surface area contributed by atoms with Crippen LogP contribution in [0, 0.1) is 5.92 Å². The molecule has 0 saturated heterocycles. The molecule has 0 aliphatic heterocycles. The van der Waals surface area contributed by atoms with Crippen molar-refractivity contribution in [1.29, 1.82) is 0 Å². The van der Waals surface area contributed by atoms with Crippen LogP contribution < -0.4 is 10.5 Å². The number of aryl methyl sites for hydroxylation is 1. The highest BCUT2D eigenvalue weighted by Crippen LogP contribution is 2.42. The molecule has 2 aromatic rings. The zero-order valence-electron chi connectivity index (χ0n) is 14.1. The van der Waals surface area contributed by atoms with Gasteiger partial charge in [-0.3, -0.25) is 4.98 Å². The molecule has 1 aliphatic carbocycles. The van der Waals surface area contributed by atoms with E-state index in [0.29, 0.717) is 5.92 Å². The summed E-state index contributed by atoms with van der Waals surface area (Å²) in [5.74, 6) is 1.41. The van der Waals surface area contributed by atoms with Gasteiger partial charge in [0, 0.05) is 17.9 Å². The fourth-order valence-electron chi connectivity index (χ4n) is 4.02. The van der Waals surface area contributed by atoms with E-state index in [9.17, 15) is 0 Å². The Bertz CT molecular complexity index is 642. The molecule has 2 unspecified atom stereocenters. The predicted molar refractivity (Wildman–Crippen MR) is 93.5 cm³/mol. The van der Waals surface area contributed by atoms with Crippen LogP contribution in [0.4, 0.5) is 0 Å². The zero-order valence-corrected chi connectivity index (χ0v) is 14.1. The van der Waals surface area contributed by atoms with Crippen molar-refractivity contribution >= 4 is 0 Å². The van der Waals surface area contributed by atoms with Crippen molar-refractivity contribution in [3.8, 4) is 5.75 Å². The van der Waals surface area contributed by atoms with Crippen LogP contribution in [0.3, 0.4) is 0 Å². The van der Waals surface area contributed by atoms with Crippen LogP contribution in [0.1, 0.15) is 42.9 Å². The molecule has 1 aliphatic rings. The second kappa shape index (κ2) is 6.71. The molecular weight excluding hydrogens is 284 g/mol. The number of pyridine rings is 1. The van der Waals surface area contributed by atoms with E-state index in [-0.39, 0.29) is 5.54 Å². The molecule has 2 atom stereocenters. The average molecular weight is 310 g/mol. The van der Waals surface area contributed by atoms with Gasteiger partial charge < -0.3 is 10.5 Å². The molecule has 3 rings (SSSR count). The first-order valence-electron chi connectivity index (χ1n) is 8.53. The van der Waals surface area contributed by atoms with Gasteiger partial charge in [0.2, 0.25) is 0 Å². The van der Waals surface area contributed by atoms with Gasteiger partial charge in [0.1, 0.15) is 5.75 Å². The van der Waals surface area contributed by atoms with Crippen molar-refractivity contribution in [1.82, 2.24) is 4.98 Å². The van der Waals surface area contributed by atoms with Crippen molar-refractivity contribution in [2.75, 3.05) is 7.11 Å². The summed E-state index contributed by atoms with van der Waals surface area (Å²) in [7, 11) is 1.75. The lowest BCUT2D eigenvalue weighted by Gasteiger charge is -2.41. The standard InChI is InChI=1S/C20H26N2O/c1-3-11-20(21,17-7-5-12-22-14-17)16-10-9-15-6-4-8-19(23-2)18(15)13-16/h4-8,12,14,16H,3,9-11,13,21H2,1-2H3. The Morgan fingerprint density at radius 1 is 1.30 bits per heavy atom. The monoisotopic (exact) mass is 310 g/mol. The van der Waals surface area contributed by atoms with Crippen LogP contribution in [0.25, 0.3) is 0 Å². The molecule has 3 heteroatoms. The highest BCUT2D eigenvalue weighted by molar-refractivity contribution is 5.43. The maximum Gasteiger partial charge on any atom is 0.122 e. The van der Waals surface area contributed by atoms with Crippen LogP contribution in [-0.4, -0.2) is 12.1 Å². The number of ether oxygens (including phenoxy) is 1. The molecule has 1 aromatic carbocycles. The van der Waals surface area contributed by atoms with Crippen molar-refractivity contribution in [2.24, 2.45) is 11.7 Å². The minimum atomic E-state index is -0.318. The van der Waals surface area contributed by atoms with Gasteiger partial charge in [-0.25, -0.2) is 0 Å². The van der Waals surface area contributed by atoms with Gasteiger partial charge in [-0.05, 0) is 60.4 Å². The molecule has 1 aromatic heterocycles. The summed E-state index contributed by atoms with van der Waals surface area (Å²) in [6.07, 6.45) is 8.97. The van der Waals surface area contributed by atoms with E-state index in [1.165, 1.54) is 11.1 Å². The summed E-state index contributed by atoms with van der Waals surface area (Å²) in [5, 5.41) is 0. The summed E-state index contributed by atoms with van der Waals surface area (Å²) in [5.41, 5.74) is 10.6. The first kappa shape index (κ1) is 16.0. The molecule has 2 N–H and O–H groups in total. The van der Waals surface area contributed by atoms with Crippen LogP contribution >= 0.6 is 0 Å². The van der Waals surface area contributed by atoms with Crippen LogP contribution in [0.15, 0.2) is 42.7 Å². The van der Waals surface area contributed by atoms with E-state index in [1.807, 2.05) is 18.5 Å². The Morgan fingerprint density at radius 2 is 2.17 bits per heavy atom. The van der Waals surface area contributed by atoms with Gasteiger partial charge in [-0.1, -0.05) is 31.5 Å². The van der Waals surface area contributed by atoms with Crippen molar-refractivity contribution in [2.45, 2.75) is 44.6 Å². The number of hydrogen-bond acceptors (Lipinski definition) is 3. The second-order valence-corrected chi connectivity index (χ2v) is 6.57. The number of rotatable bonds is 5. The minimum absolute atomic E-state index is 0.318. The smallest absolute Gasteiger partial charge is 0.122 e. The molecular formula is C20H26N2O. The van der Waals surface area contributed by atoms with E-state index in [0.717, 1.165) is 43.4 Å². The van der Waals surface area contributed by atoms with Crippen molar-refractivity contribution in [3.05, 3.63) is 59.4 Å². The SMILES string of the molecule is CCCC(N)(c1cccnc1)C1CCc2cccc(OC)c2C1. The Hall–Kier alpha value is -1.87. The van der Waals surface area contributed by atoms with Crippen LogP contribution in [0.5, 0.6) is 5.75 Å². The van der Waals surface area contributed by atoms with Crippen LogP contribution in [-0.2, 0) is 18.4 Å². The quantitative estimate of drug-likeness (QED) is 0.912. The molecule has 0 bridgehead atoms. The number of benzene rings is 1. The number of hydrogen-bond donors (Lipinski definition) is 1. The maximum atomic E-state index is 6.97. The molecule has 0 saturated carbocycles. The summed E-state index contributed by atoms with van der Waals surface area (Å²) >= 11 is 0. The van der Waals surface area contributed by atoms with Crippen molar-refractivity contribution in [3.63, 3.8) is 0 Å². The van der Waals surface area contributed by atoms with Crippen LogP contribution in [0.2, 0.25) is 0 Å². The van der Waals surface area contributed by atoms with E-state index in [2.05, 4.69) is 36.2 Å². The topological polar surface area (TPSA) is 48.1 Å². The molecule has 0 spiro atoms. The first-order valence-corrected chi connectivity index (χ1v) is 8.53. The Morgan fingerprint density at radius 3 is 2.87 bits per heavy atom. The molecule has 122 valence electrons. The summed E-state index contributed by atoms with van der Waals surface area (Å²) in [4.78, 5) is 4.30. The van der Waals surface area contributed by atoms with Gasteiger partial charge in [0.05, 0.1) is 7.11 Å². The Kier molecular flexibility index (Phi) is 4.67. The summed E-state index contributed by atoms with van der Waals surface area (Å²) in [6, 6.07) is 10.5. The first-order chi connectivity index (χ1) is 11.2. The zero-order chi connectivity index (χ0) is 16.3. The van der Waals surface area contributed by atoms with Gasteiger partial charge in [0.15, 0.2) is 0 Å². The van der Waals surface area contributed by atoms with Gasteiger partial charge >= 0.3 is 0 Å². The highest BCUT2D eigenvalue weighted by Gasteiger charge is 2.38. The fourth-order valence-corrected chi connectivity index (χ4v) is 4.02. The Labute approximate surface area is 138 Å². The normalized spacial score (nSPS) is 19.7. The number of nitrogens with two attached hydrogens (primary N) is 1. The molecule has 1 heterocycles. The second-order valence-electron chi connectivity index (χ2n) is 6.57. The lowest BCUT2D eigenvalue weighted by Crippen LogP contribution is -2.46. The van der Waals surface area contributed by atoms with Gasteiger partial charge in [0.25, 0.3) is 0 Å². The number of aromatic nitrogens is 1. The lowest BCUT2D eigenvalue weighted by molar-refractivity contribution is 0.225. The molecule has 0 radical (unpaired) electrons. The number of nitrogens with zero attached hydrogens (tertiary/aromatic N) is 1. The third-order valence-corrected chi connectivity index (χ3v) is 5.25. The fraction of sp³-hybridized carbons (Fsp3) is 0.450. The molecule has 23 heavy (non-hydrogen) atoms. The van der Waals surface area contributed by atoms with Crippen molar-refractivity contribution < 1.29 is 4.74 Å². The van der Waals surface area contributed by atoms with Gasteiger partial charge in [-0.15, -0.1) is 0 Å². The molecule has 0 fully saturated rings. The minimum Gasteiger partial charge on any atom is -0.496 e. The number of fused-ring (bicyclic) bond motifs is 1. The highest BCUT2D eigenvalue weighted by atomic mass is 16.5. The third kappa shape index (κ3) is 2.98. The maximum absolute atomic E-state index is 6.97. The van der Waals surface area contributed by atoms with Gasteiger partial charge in [-0.2, -0.15) is 0 Å². The van der Waals surface area contributed by atoms with E-state index in [1.54, 1.807) is 7.11 Å². The van der Waals surface area contributed by atoms with E-state index >= 15 is 0 Å².